The Hall–Kier alpha value is -3.75. The molecule has 1 aromatic carbocycles. The average molecular weight is 512 g/mol. The number of aldehydes is 1. The topological polar surface area (TPSA) is 122 Å². The molecule has 3 amide bonds. The summed E-state index contributed by atoms with van der Waals surface area (Å²) in [7, 11) is 1.49. The number of hydrogen-bond donors (Lipinski definition) is 2. The minimum Gasteiger partial charge on any atom is -0.456 e. The Bertz CT molecular complexity index is 1090. The number of amides is 3. The van der Waals surface area contributed by atoms with E-state index in [0.717, 1.165) is 6.29 Å². The lowest BCUT2D eigenvalue weighted by atomic mass is 9.88. The number of hydrogen-bond acceptors (Lipinski definition) is 6. The predicted molar refractivity (Wildman–Crippen MR) is 140 cm³/mol. The van der Waals surface area contributed by atoms with E-state index in [1.165, 1.54) is 11.9 Å². The Labute approximate surface area is 218 Å². The molecule has 0 bridgehead atoms. The van der Waals surface area contributed by atoms with Crippen LogP contribution >= 0.6 is 0 Å². The number of ether oxygens (including phenoxy) is 1. The van der Waals surface area contributed by atoms with Gasteiger partial charge in [0.15, 0.2) is 6.29 Å². The Morgan fingerprint density at radius 2 is 1.76 bits per heavy atom. The number of nitrogens with one attached hydrogen (secondary N) is 2. The molecule has 1 saturated heterocycles. The normalized spacial score (nSPS) is 25.1. The number of esters is 1. The van der Waals surface area contributed by atoms with E-state index in [2.05, 4.69) is 17.2 Å². The van der Waals surface area contributed by atoms with Gasteiger partial charge in [-0.05, 0) is 30.9 Å². The second kappa shape index (κ2) is 13.0. The highest BCUT2D eigenvalue weighted by molar-refractivity contribution is 5.93. The van der Waals surface area contributed by atoms with Gasteiger partial charge in [-0.2, -0.15) is 0 Å². The largest absolute Gasteiger partial charge is 0.456 e. The Balaban J connectivity index is 2.45. The van der Waals surface area contributed by atoms with Crippen LogP contribution in [0.5, 0.6) is 0 Å². The number of nitrogens with zero attached hydrogens (tertiary/aromatic N) is 1. The molecule has 4 atom stereocenters. The molecule has 200 valence electrons. The van der Waals surface area contributed by atoms with Crippen LogP contribution in [0.1, 0.15) is 57.0 Å². The van der Waals surface area contributed by atoms with Gasteiger partial charge in [-0.3, -0.25) is 24.0 Å². The van der Waals surface area contributed by atoms with Crippen molar-refractivity contribution >= 4 is 36.1 Å². The van der Waals surface area contributed by atoms with Crippen LogP contribution in [0, 0.1) is 11.8 Å². The first-order valence-corrected chi connectivity index (χ1v) is 12.3. The van der Waals surface area contributed by atoms with E-state index >= 15 is 0 Å². The van der Waals surface area contributed by atoms with Gasteiger partial charge in [0.1, 0.15) is 24.7 Å². The van der Waals surface area contributed by atoms with E-state index in [0.29, 0.717) is 22.3 Å². The molecular weight excluding hydrogens is 474 g/mol. The number of carbonyl (C=O) groups excluding carboxylic acids is 5. The average Bonchev–Trinajstić information content (AvgIpc) is 2.84. The summed E-state index contributed by atoms with van der Waals surface area (Å²) in [6, 6.07) is 5.28. The molecular formula is C28H37N3O6. The molecule has 9 nitrogen and oxygen atoms in total. The first-order valence-electron chi connectivity index (χ1n) is 12.3. The molecule has 9 heteroatoms. The van der Waals surface area contributed by atoms with Gasteiger partial charge in [-0.1, -0.05) is 63.3 Å². The highest BCUT2D eigenvalue weighted by Crippen LogP contribution is 2.27. The van der Waals surface area contributed by atoms with Crippen molar-refractivity contribution in [3.63, 3.8) is 0 Å². The van der Waals surface area contributed by atoms with E-state index < -0.39 is 54.3 Å². The SMILES string of the molecule is C=C1CC(=O)N[C@@H](C)C(=O)N(C)[C@@H](C(C)C)C(=O)NCC(=O)O[C@@H](/C(C)=C/c2ccccc2C=O)[C@@H]1C. The third kappa shape index (κ3) is 7.62. The molecule has 1 aliphatic heterocycles. The standard InChI is InChI=1S/C28H37N3O6/c1-16(2)25-27(35)29-14-24(34)37-26(18(4)12-21-10-8-9-11-22(21)15-32)19(5)17(3)13-23(33)30-20(6)28(36)31(25)7/h8-12,15-16,19-20,25-26H,3,13-14H2,1-2,4-7H3,(H,29,35)(H,30,33)/b18-12+/t19-,20+,25+,26+/m1/s1. The second-order valence-corrected chi connectivity index (χ2v) is 9.81. The van der Waals surface area contributed by atoms with Crippen LogP contribution in [0.2, 0.25) is 0 Å². The first kappa shape index (κ1) is 29.5. The summed E-state index contributed by atoms with van der Waals surface area (Å²) >= 11 is 0. The van der Waals surface area contributed by atoms with Crippen LogP contribution in [-0.2, 0) is 23.9 Å². The van der Waals surface area contributed by atoms with Crippen molar-refractivity contribution in [1.82, 2.24) is 15.5 Å². The van der Waals surface area contributed by atoms with Crippen molar-refractivity contribution in [2.24, 2.45) is 11.8 Å². The number of carbonyl (C=O) groups is 5. The summed E-state index contributed by atoms with van der Waals surface area (Å²) in [5.41, 5.74) is 2.27. The van der Waals surface area contributed by atoms with Gasteiger partial charge in [0, 0.05) is 24.9 Å². The van der Waals surface area contributed by atoms with Crippen LogP contribution < -0.4 is 10.6 Å². The molecule has 0 radical (unpaired) electrons. The molecule has 2 rings (SSSR count). The summed E-state index contributed by atoms with van der Waals surface area (Å²) < 4.78 is 5.78. The summed E-state index contributed by atoms with van der Waals surface area (Å²) in [6.45, 7) is 12.3. The fourth-order valence-electron chi connectivity index (χ4n) is 4.42. The minimum atomic E-state index is -0.866. The fourth-order valence-corrected chi connectivity index (χ4v) is 4.42. The van der Waals surface area contributed by atoms with E-state index in [-0.39, 0.29) is 12.3 Å². The number of likely N-dealkylation sites (N-methyl/N-ethyl adjacent to an activating group) is 1. The monoisotopic (exact) mass is 511 g/mol. The van der Waals surface area contributed by atoms with Crippen molar-refractivity contribution in [3.05, 3.63) is 53.1 Å². The molecule has 1 aromatic rings. The number of rotatable bonds is 4. The van der Waals surface area contributed by atoms with Crippen molar-refractivity contribution in [2.75, 3.05) is 13.6 Å². The van der Waals surface area contributed by atoms with Crippen molar-refractivity contribution in [1.29, 1.82) is 0 Å². The molecule has 0 aromatic heterocycles. The van der Waals surface area contributed by atoms with Crippen LogP contribution in [-0.4, -0.2) is 66.7 Å². The molecule has 1 fully saturated rings. The summed E-state index contributed by atoms with van der Waals surface area (Å²) in [5, 5.41) is 5.26. The van der Waals surface area contributed by atoms with Crippen molar-refractivity contribution < 1.29 is 28.7 Å². The van der Waals surface area contributed by atoms with Gasteiger partial charge in [-0.25, -0.2) is 0 Å². The molecule has 1 heterocycles. The zero-order chi connectivity index (χ0) is 27.9. The molecule has 0 unspecified atom stereocenters. The van der Waals surface area contributed by atoms with Gasteiger partial charge < -0.3 is 20.3 Å². The van der Waals surface area contributed by atoms with E-state index in [4.69, 9.17) is 4.74 Å². The van der Waals surface area contributed by atoms with Gasteiger partial charge in [0.2, 0.25) is 17.7 Å². The molecule has 0 saturated carbocycles. The maximum Gasteiger partial charge on any atom is 0.326 e. The van der Waals surface area contributed by atoms with Crippen molar-refractivity contribution in [2.45, 2.75) is 59.2 Å². The lowest BCUT2D eigenvalue weighted by Gasteiger charge is -2.32. The van der Waals surface area contributed by atoms with Gasteiger partial charge in [0.05, 0.1) is 0 Å². The highest BCUT2D eigenvalue weighted by atomic mass is 16.5. The van der Waals surface area contributed by atoms with Crippen molar-refractivity contribution in [3.8, 4) is 0 Å². The van der Waals surface area contributed by atoms with Crippen LogP contribution in [0.15, 0.2) is 42.0 Å². The van der Waals surface area contributed by atoms with Crippen LogP contribution in [0.3, 0.4) is 0 Å². The number of cyclic esters (lactones) is 1. The Kier molecular flexibility index (Phi) is 10.3. The summed E-state index contributed by atoms with van der Waals surface area (Å²) in [4.78, 5) is 64.2. The quantitative estimate of drug-likeness (QED) is 0.364. The van der Waals surface area contributed by atoms with Gasteiger partial charge in [0.25, 0.3) is 0 Å². The highest BCUT2D eigenvalue weighted by Gasteiger charge is 2.34. The van der Waals surface area contributed by atoms with Gasteiger partial charge >= 0.3 is 5.97 Å². The fraction of sp³-hybridized carbons (Fsp3) is 0.464. The van der Waals surface area contributed by atoms with E-state index in [1.54, 1.807) is 65.0 Å². The zero-order valence-electron chi connectivity index (χ0n) is 22.4. The lowest BCUT2D eigenvalue weighted by Crippen LogP contribution is -2.55. The maximum atomic E-state index is 13.0. The van der Waals surface area contributed by atoms with Crippen LogP contribution in [0.25, 0.3) is 6.08 Å². The number of benzene rings is 1. The van der Waals surface area contributed by atoms with E-state index in [1.807, 2.05) is 0 Å². The molecule has 37 heavy (non-hydrogen) atoms. The lowest BCUT2D eigenvalue weighted by molar-refractivity contribution is -0.149. The third-order valence-electron chi connectivity index (χ3n) is 6.52. The minimum absolute atomic E-state index is 0.0838. The van der Waals surface area contributed by atoms with Crippen LogP contribution in [0.4, 0.5) is 0 Å². The summed E-state index contributed by atoms with van der Waals surface area (Å²) in [5.74, 6) is -2.75. The Morgan fingerprint density at radius 1 is 1.14 bits per heavy atom. The molecule has 2 N–H and O–H groups in total. The molecule has 0 aliphatic carbocycles. The smallest absolute Gasteiger partial charge is 0.326 e. The maximum absolute atomic E-state index is 13.0. The van der Waals surface area contributed by atoms with E-state index in [9.17, 15) is 24.0 Å². The predicted octanol–water partition coefficient (Wildman–Crippen LogP) is 2.51. The second-order valence-electron chi connectivity index (χ2n) is 9.81. The Morgan fingerprint density at radius 3 is 2.35 bits per heavy atom. The summed E-state index contributed by atoms with van der Waals surface area (Å²) in [6.07, 6.45) is 1.61. The molecule has 1 aliphatic rings. The molecule has 0 spiro atoms. The van der Waals surface area contributed by atoms with Gasteiger partial charge in [-0.15, -0.1) is 0 Å². The third-order valence-corrected chi connectivity index (χ3v) is 6.52. The first-order chi connectivity index (χ1) is 17.4. The zero-order valence-corrected chi connectivity index (χ0v) is 22.4.